The highest BCUT2D eigenvalue weighted by atomic mass is 14.9. The standard InChI is InChI=1S/C80H50N8/c1-5-67-45-63(33-37-71(67)81-41-1)53-13-25-59(26-14-53)77-49-75(85-79(87-77)61-29-17-55(18-30-61)65-35-39-73-69(47-65)7-3-43-83-73)57-21-9-51(10-22-57)52-11-23-58(24-12-52)76-50-78(60-27-15-54(16-28-60)64-34-38-72-68(46-64)6-2-42-82-72)88-80(86-76)62-31-19-56(20-32-62)66-36-40-74-70(48-66)8-4-44-84-74/h1-50H. The van der Waals surface area contributed by atoms with E-state index >= 15 is 0 Å². The van der Waals surface area contributed by atoms with Crippen LogP contribution in [0.15, 0.2) is 304 Å². The fourth-order valence-corrected chi connectivity index (χ4v) is 11.7. The van der Waals surface area contributed by atoms with E-state index in [-0.39, 0.29) is 0 Å². The molecule has 0 aliphatic carbocycles. The Hall–Kier alpha value is -12.0. The van der Waals surface area contributed by atoms with Crippen molar-refractivity contribution in [3.63, 3.8) is 0 Å². The molecule has 6 heterocycles. The lowest BCUT2D eigenvalue weighted by Gasteiger charge is -2.12. The van der Waals surface area contributed by atoms with Gasteiger partial charge in [-0.15, -0.1) is 0 Å². The van der Waals surface area contributed by atoms with Gasteiger partial charge in [-0.2, -0.15) is 0 Å². The summed E-state index contributed by atoms with van der Waals surface area (Å²) in [6.45, 7) is 0. The summed E-state index contributed by atoms with van der Waals surface area (Å²) in [5, 5.41) is 4.42. The average molecular weight is 1120 g/mol. The van der Waals surface area contributed by atoms with E-state index in [2.05, 4.69) is 275 Å². The fourth-order valence-electron chi connectivity index (χ4n) is 11.7. The van der Waals surface area contributed by atoms with E-state index in [4.69, 9.17) is 19.9 Å². The Bertz CT molecular complexity index is 4670. The van der Waals surface area contributed by atoms with Crippen LogP contribution in [0.5, 0.6) is 0 Å². The van der Waals surface area contributed by atoms with Crippen molar-refractivity contribution in [1.29, 1.82) is 0 Å². The first-order valence-electron chi connectivity index (χ1n) is 29.3. The Morgan fingerprint density at radius 1 is 0.159 bits per heavy atom. The molecule has 6 aromatic heterocycles. The predicted octanol–water partition coefficient (Wildman–Crippen LogP) is 19.8. The zero-order chi connectivity index (χ0) is 58.3. The molecule has 8 nitrogen and oxygen atoms in total. The minimum atomic E-state index is 0.649. The molecule has 16 rings (SSSR count). The molecular formula is C80H50N8. The summed E-state index contributed by atoms with van der Waals surface area (Å²) >= 11 is 0. The van der Waals surface area contributed by atoms with Gasteiger partial charge in [0.1, 0.15) is 0 Å². The van der Waals surface area contributed by atoms with Crippen LogP contribution in [0, 0.1) is 0 Å². The molecule has 0 aliphatic heterocycles. The van der Waals surface area contributed by atoms with Crippen molar-refractivity contribution < 1.29 is 0 Å². The molecule has 88 heavy (non-hydrogen) atoms. The van der Waals surface area contributed by atoms with Gasteiger partial charge in [-0.25, -0.2) is 19.9 Å². The second-order valence-electron chi connectivity index (χ2n) is 22.0. The van der Waals surface area contributed by atoms with E-state index in [9.17, 15) is 0 Å². The van der Waals surface area contributed by atoms with Crippen molar-refractivity contribution >= 4 is 43.6 Å². The molecule has 0 atom stereocenters. The van der Waals surface area contributed by atoms with Crippen molar-refractivity contribution in [2.75, 3.05) is 0 Å². The van der Waals surface area contributed by atoms with Crippen LogP contribution >= 0.6 is 0 Å². The molecule has 0 saturated heterocycles. The van der Waals surface area contributed by atoms with Crippen LogP contribution in [0.25, 0.3) is 167 Å². The van der Waals surface area contributed by atoms with Gasteiger partial charge in [0.05, 0.1) is 44.8 Å². The molecule has 0 aliphatic rings. The predicted molar refractivity (Wildman–Crippen MR) is 359 cm³/mol. The van der Waals surface area contributed by atoms with Crippen molar-refractivity contribution in [1.82, 2.24) is 39.9 Å². The van der Waals surface area contributed by atoms with Gasteiger partial charge in [0.25, 0.3) is 0 Å². The Kier molecular flexibility index (Phi) is 13.0. The van der Waals surface area contributed by atoms with Crippen molar-refractivity contribution in [3.05, 3.63) is 304 Å². The first-order valence-corrected chi connectivity index (χ1v) is 29.3. The van der Waals surface area contributed by atoms with Crippen molar-refractivity contribution in [2.45, 2.75) is 0 Å². The average Bonchev–Trinajstić information content (AvgIpc) is 3.12. The van der Waals surface area contributed by atoms with E-state index in [1.54, 1.807) is 0 Å². The molecule has 0 radical (unpaired) electrons. The minimum absolute atomic E-state index is 0.649. The van der Waals surface area contributed by atoms with Crippen LogP contribution in [-0.4, -0.2) is 39.9 Å². The van der Waals surface area contributed by atoms with E-state index in [0.29, 0.717) is 11.6 Å². The Labute approximate surface area is 508 Å². The molecule has 0 saturated carbocycles. The lowest BCUT2D eigenvalue weighted by Crippen LogP contribution is -1.96. The number of hydrogen-bond acceptors (Lipinski definition) is 8. The maximum absolute atomic E-state index is 5.26. The normalized spacial score (nSPS) is 11.4. The lowest BCUT2D eigenvalue weighted by molar-refractivity contribution is 1.18. The van der Waals surface area contributed by atoms with Gasteiger partial charge in [0.2, 0.25) is 0 Å². The topological polar surface area (TPSA) is 103 Å². The second-order valence-corrected chi connectivity index (χ2v) is 22.0. The second kappa shape index (κ2) is 22.2. The minimum Gasteiger partial charge on any atom is -0.256 e. The highest BCUT2D eigenvalue weighted by Gasteiger charge is 2.16. The number of fused-ring (bicyclic) bond motifs is 4. The molecule has 0 fully saturated rings. The van der Waals surface area contributed by atoms with Crippen molar-refractivity contribution in [2.24, 2.45) is 0 Å². The maximum atomic E-state index is 5.26. The fraction of sp³-hybridized carbons (Fsp3) is 0. The van der Waals surface area contributed by atoms with Gasteiger partial charge >= 0.3 is 0 Å². The molecular weight excluding hydrogens is 1070 g/mol. The van der Waals surface area contributed by atoms with E-state index in [0.717, 1.165) is 155 Å². The number of nitrogens with zero attached hydrogens (tertiary/aromatic N) is 8. The summed E-state index contributed by atoms with van der Waals surface area (Å²) in [6, 6.07) is 97.7. The highest BCUT2D eigenvalue weighted by Crippen LogP contribution is 2.36. The molecule has 0 bridgehead atoms. The zero-order valence-electron chi connectivity index (χ0n) is 47.4. The first-order chi connectivity index (χ1) is 43.5. The number of benzene rings is 10. The third-order valence-electron chi connectivity index (χ3n) is 16.5. The third-order valence-corrected chi connectivity index (χ3v) is 16.5. The molecule has 8 heteroatoms. The summed E-state index contributed by atoms with van der Waals surface area (Å²) in [5.74, 6) is 1.30. The zero-order valence-corrected chi connectivity index (χ0v) is 47.4. The maximum Gasteiger partial charge on any atom is 0.160 e. The molecule has 10 aromatic carbocycles. The van der Waals surface area contributed by atoms with Crippen LogP contribution < -0.4 is 0 Å². The summed E-state index contributed by atoms with van der Waals surface area (Å²) in [6.07, 6.45) is 7.32. The molecule has 0 spiro atoms. The van der Waals surface area contributed by atoms with E-state index < -0.39 is 0 Å². The van der Waals surface area contributed by atoms with Gasteiger partial charge in [-0.05, 0) is 141 Å². The van der Waals surface area contributed by atoms with Gasteiger partial charge in [-0.3, -0.25) is 19.9 Å². The van der Waals surface area contributed by atoms with Gasteiger partial charge < -0.3 is 0 Å². The Balaban J connectivity index is 0.712. The van der Waals surface area contributed by atoms with Gasteiger partial charge in [0.15, 0.2) is 11.6 Å². The van der Waals surface area contributed by atoms with E-state index in [1.807, 2.05) is 49.1 Å². The van der Waals surface area contributed by atoms with Crippen LogP contribution in [-0.2, 0) is 0 Å². The summed E-state index contributed by atoms with van der Waals surface area (Å²) in [4.78, 5) is 39.1. The van der Waals surface area contributed by atoms with Gasteiger partial charge in [-0.1, -0.05) is 194 Å². The van der Waals surface area contributed by atoms with Crippen LogP contribution in [0.3, 0.4) is 0 Å². The molecule has 410 valence electrons. The summed E-state index contributed by atoms with van der Waals surface area (Å²) in [5.41, 5.74) is 24.2. The lowest BCUT2D eigenvalue weighted by atomic mass is 9.98. The van der Waals surface area contributed by atoms with E-state index in [1.165, 1.54) is 0 Å². The Morgan fingerprint density at radius 3 is 0.591 bits per heavy atom. The monoisotopic (exact) mass is 1120 g/mol. The smallest absolute Gasteiger partial charge is 0.160 e. The largest absolute Gasteiger partial charge is 0.256 e. The first kappa shape index (κ1) is 51.6. The highest BCUT2D eigenvalue weighted by molar-refractivity contribution is 5.89. The number of pyridine rings is 4. The van der Waals surface area contributed by atoms with Crippen LogP contribution in [0.1, 0.15) is 0 Å². The van der Waals surface area contributed by atoms with Crippen molar-refractivity contribution in [3.8, 4) is 123 Å². The number of aromatic nitrogens is 8. The quantitative estimate of drug-likeness (QED) is 0.126. The van der Waals surface area contributed by atoms with Crippen LogP contribution in [0.4, 0.5) is 0 Å². The number of rotatable bonds is 11. The molecule has 0 unspecified atom stereocenters. The third kappa shape index (κ3) is 10.3. The molecule has 16 aromatic rings. The summed E-state index contributed by atoms with van der Waals surface area (Å²) < 4.78 is 0. The Morgan fingerprint density at radius 2 is 0.352 bits per heavy atom. The SMILES string of the molecule is c1cnc2ccc(-c3ccc(-c4cc(-c5ccc(-c6ccc(-c7cc(-c8ccc(-c9ccc%10ncccc%10c9)cc8)nc(-c8ccc(-c9ccc%10ncccc%10c9)cc8)n7)cc6)cc5)nc(-c5ccc(-c6ccc7ncccc7c6)cc5)n4)cc3)cc2c1. The molecule has 0 N–H and O–H groups in total. The van der Waals surface area contributed by atoms with Crippen LogP contribution in [0.2, 0.25) is 0 Å². The molecule has 0 amide bonds. The summed E-state index contributed by atoms with van der Waals surface area (Å²) in [7, 11) is 0. The number of hydrogen-bond donors (Lipinski definition) is 0. The van der Waals surface area contributed by atoms with Gasteiger partial charge in [0, 0.05) is 79.7 Å².